The fraction of sp³-hybridized carbons (Fsp3) is 0. The second-order valence-corrected chi connectivity index (χ2v) is 4.50. The van der Waals surface area contributed by atoms with Gasteiger partial charge in [-0.15, -0.1) is 0 Å². The number of fused-ring (bicyclic) bond motifs is 1. The minimum Gasteiger partial charge on any atom is -0.434 e. The monoisotopic (exact) mass is 241 g/mol. The average molecular weight is 241 g/mol. The van der Waals surface area contributed by atoms with Crippen molar-refractivity contribution in [1.29, 1.82) is 5.26 Å². The van der Waals surface area contributed by atoms with E-state index in [1.54, 1.807) is 0 Å². The fourth-order valence-electron chi connectivity index (χ4n) is 1.61. The Kier molecular flexibility index (Phi) is 2.10. The number of hydrogen-bond acceptors (Lipinski definition) is 5. The smallest absolute Gasteiger partial charge is 0.228 e. The summed E-state index contributed by atoms with van der Waals surface area (Å²) in [7, 11) is 0. The molecule has 3 rings (SSSR count). The van der Waals surface area contributed by atoms with Crippen molar-refractivity contribution in [3.8, 4) is 17.5 Å². The number of anilines is 1. The number of nitriles is 1. The highest BCUT2D eigenvalue weighted by Crippen LogP contribution is 2.35. The maximum atomic E-state index is 8.97. The maximum absolute atomic E-state index is 8.97. The van der Waals surface area contributed by atoms with E-state index in [1.165, 1.54) is 11.3 Å². The van der Waals surface area contributed by atoms with Gasteiger partial charge in [-0.1, -0.05) is 29.5 Å². The topological polar surface area (TPSA) is 75.8 Å². The predicted molar refractivity (Wildman–Crippen MR) is 66.4 cm³/mol. The SMILES string of the molecule is N#Cc1c(N)sc2nc(-c3ccccc3)oc12. The van der Waals surface area contributed by atoms with Gasteiger partial charge in [0.25, 0.3) is 0 Å². The zero-order valence-electron chi connectivity index (χ0n) is 8.68. The molecule has 2 aromatic heterocycles. The van der Waals surface area contributed by atoms with Crippen LogP contribution >= 0.6 is 11.3 Å². The molecule has 0 spiro atoms. The Morgan fingerprint density at radius 3 is 2.76 bits per heavy atom. The molecule has 0 unspecified atom stereocenters. The van der Waals surface area contributed by atoms with Gasteiger partial charge in [0.15, 0.2) is 10.4 Å². The van der Waals surface area contributed by atoms with E-state index < -0.39 is 0 Å². The van der Waals surface area contributed by atoms with Crippen LogP contribution in [0.25, 0.3) is 21.9 Å². The first-order chi connectivity index (χ1) is 8.29. The molecule has 0 aliphatic rings. The third-order valence-corrected chi connectivity index (χ3v) is 3.30. The summed E-state index contributed by atoms with van der Waals surface area (Å²) in [5.41, 5.74) is 7.44. The van der Waals surface area contributed by atoms with Crippen molar-refractivity contribution in [3.63, 3.8) is 0 Å². The Morgan fingerprint density at radius 2 is 2.06 bits per heavy atom. The molecule has 5 heteroatoms. The van der Waals surface area contributed by atoms with Crippen molar-refractivity contribution in [2.24, 2.45) is 0 Å². The largest absolute Gasteiger partial charge is 0.434 e. The molecule has 0 saturated carbocycles. The second-order valence-electron chi connectivity index (χ2n) is 3.47. The van der Waals surface area contributed by atoms with Crippen LogP contribution in [0.15, 0.2) is 34.7 Å². The molecular formula is C12H7N3OS. The number of thiophene rings is 1. The standard InChI is InChI=1S/C12H7N3OS/c13-6-8-9-12(17-10(8)14)15-11(16-9)7-4-2-1-3-5-7/h1-5H,14H2. The Hall–Kier alpha value is -2.32. The van der Waals surface area contributed by atoms with Crippen LogP contribution in [0.1, 0.15) is 5.56 Å². The summed E-state index contributed by atoms with van der Waals surface area (Å²) in [6.45, 7) is 0. The van der Waals surface area contributed by atoms with E-state index in [-0.39, 0.29) is 0 Å². The third kappa shape index (κ3) is 1.47. The highest BCUT2D eigenvalue weighted by Gasteiger charge is 2.17. The van der Waals surface area contributed by atoms with Gasteiger partial charge in [0.2, 0.25) is 5.89 Å². The number of nitrogen functional groups attached to an aromatic ring is 1. The first kappa shape index (κ1) is 9.87. The van der Waals surface area contributed by atoms with Crippen LogP contribution in [0.2, 0.25) is 0 Å². The van der Waals surface area contributed by atoms with Gasteiger partial charge < -0.3 is 10.2 Å². The van der Waals surface area contributed by atoms with E-state index in [4.69, 9.17) is 15.4 Å². The minimum absolute atomic E-state index is 0.375. The van der Waals surface area contributed by atoms with Crippen LogP contribution in [0.5, 0.6) is 0 Å². The van der Waals surface area contributed by atoms with E-state index in [2.05, 4.69) is 4.98 Å². The van der Waals surface area contributed by atoms with Gasteiger partial charge in [-0.2, -0.15) is 10.2 Å². The molecule has 1 aromatic carbocycles. The molecule has 0 saturated heterocycles. The number of aromatic nitrogens is 1. The highest BCUT2D eigenvalue weighted by molar-refractivity contribution is 7.22. The number of benzene rings is 1. The molecule has 17 heavy (non-hydrogen) atoms. The second kappa shape index (κ2) is 3.61. The van der Waals surface area contributed by atoms with Crippen LogP contribution in [0.4, 0.5) is 5.00 Å². The van der Waals surface area contributed by atoms with Crippen molar-refractivity contribution < 1.29 is 4.42 Å². The number of oxazole rings is 1. The lowest BCUT2D eigenvalue weighted by Gasteiger charge is -1.92. The molecule has 0 atom stereocenters. The van der Waals surface area contributed by atoms with Gasteiger partial charge in [0.05, 0.1) is 0 Å². The van der Waals surface area contributed by atoms with Gasteiger partial charge in [-0.05, 0) is 12.1 Å². The zero-order chi connectivity index (χ0) is 11.8. The van der Waals surface area contributed by atoms with Crippen molar-refractivity contribution >= 4 is 26.8 Å². The van der Waals surface area contributed by atoms with Crippen molar-refractivity contribution in [2.75, 3.05) is 5.73 Å². The third-order valence-electron chi connectivity index (χ3n) is 2.41. The minimum atomic E-state index is 0.375. The van der Waals surface area contributed by atoms with Gasteiger partial charge >= 0.3 is 0 Å². The lowest BCUT2D eigenvalue weighted by molar-refractivity contribution is 0.619. The molecule has 82 valence electrons. The molecular weight excluding hydrogens is 234 g/mol. The van der Waals surface area contributed by atoms with Crippen molar-refractivity contribution in [1.82, 2.24) is 4.98 Å². The lowest BCUT2D eigenvalue weighted by atomic mass is 10.2. The fourth-order valence-corrected chi connectivity index (χ4v) is 2.42. The molecule has 2 N–H and O–H groups in total. The molecule has 0 fully saturated rings. The van der Waals surface area contributed by atoms with Crippen LogP contribution in [0, 0.1) is 11.3 Å². The van der Waals surface area contributed by atoms with E-state index >= 15 is 0 Å². The van der Waals surface area contributed by atoms with Crippen LogP contribution in [-0.2, 0) is 0 Å². The maximum Gasteiger partial charge on any atom is 0.228 e. The molecule has 0 radical (unpaired) electrons. The van der Waals surface area contributed by atoms with Gasteiger partial charge in [0, 0.05) is 5.56 Å². The van der Waals surface area contributed by atoms with Crippen LogP contribution < -0.4 is 5.73 Å². The Labute approximate surface area is 101 Å². The van der Waals surface area contributed by atoms with E-state index in [0.29, 0.717) is 26.9 Å². The Morgan fingerprint density at radius 1 is 1.29 bits per heavy atom. The van der Waals surface area contributed by atoms with Gasteiger partial charge in [-0.3, -0.25) is 0 Å². The van der Waals surface area contributed by atoms with E-state index in [0.717, 1.165) is 5.56 Å². The highest BCUT2D eigenvalue weighted by atomic mass is 32.1. The summed E-state index contributed by atoms with van der Waals surface area (Å²) >= 11 is 1.27. The number of nitrogens with zero attached hydrogens (tertiary/aromatic N) is 2. The number of rotatable bonds is 1. The van der Waals surface area contributed by atoms with Gasteiger partial charge in [-0.25, -0.2) is 0 Å². The summed E-state index contributed by atoms with van der Waals surface area (Å²) in [5, 5.41) is 9.43. The summed E-state index contributed by atoms with van der Waals surface area (Å²) < 4.78 is 5.59. The number of hydrogen-bond donors (Lipinski definition) is 1. The Balaban J connectivity index is 2.22. The molecule has 0 aliphatic carbocycles. The summed E-state index contributed by atoms with van der Waals surface area (Å²) in [6, 6.07) is 11.6. The zero-order valence-corrected chi connectivity index (χ0v) is 9.49. The van der Waals surface area contributed by atoms with E-state index in [9.17, 15) is 0 Å². The molecule has 4 nitrogen and oxygen atoms in total. The van der Waals surface area contributed by atoms with Crippen LogP contribution in [-0.4, -0.2) is 4.98 Å². The quantitative estimate of drug-likeness (QED) is 0.710. The molecule has 3 aromatic rings. The summed E-state index contributed by atoms with van der Waals surface area (Å²) in [5.74, 6) is 0.517. The lowest BCUT2D eigenvalue weighted by Crippen LogP contribution is -1.82. The first-order valence-electron chi connectivity index (χ1n) is 4.94. The molecule has 0 aliphatic heterocycles. The van der Waals surface area contributed by atoms with Crippen LogP contribution in [0.3, 0.4) is 0 Å². The van der Waals surface area contributed by atoms with Crippen molar-refractivity contribution in [3.05, 3.63) is 35.9 Å². The molecule has 0 bridgehead atoms. The summed E-state index contributed by atoms with van der Waals surface area (Å²) in [6.07, 6.45) is 0. The Bertz CT molecular complexity index is 721. The van der Waals surface area contributed by atoms with Crippen molar-refractivity contribution in [2.45, 2.75) is 0 Å². The normalized spacial score (nSPS) is 10.5. The average Bonchev–Trinajstić information content (AvgIpc) is 2.86. The van der Waals surface area contributed by atoms with E-state index in [1.807, 2.05) is 36.4 Å². The summed E-state index contributed by atoms with van der Waals surface area (Å²) in [4.78, 5) is 5.00. The molecule has 2 heterocycles. The first-order valence-corrected chi connectivity index (χ1v) is 5.75. The number of nitrogens with two attached hydrogens (primary N) is 1. The van der Waals surface area contributed by atoms with Gasteiger partial charge in [0.1, 0.15) is 16.6 Å². The predicted octanol–water partition coefficient (Wildman–Crippen LogP) is 3.01. The molecule has 0 amide bonds.